The average Bonchev–Trinajstić information content (AvgIpc) is 2.75. The van der Waals surface area contributed by atoms with Crippen molar-refractivity contribution in [1.29, 1.82) is 0 Å². The Morgan fingerprint density at radius 2 is 1.62 bits per heavy atom. The molecule has 2 aromatic carbocycles. The normalized spacial score (nSPS) is 11.4. The average molecular weight is 399 g/mol. The van der Waals surface area contributed by atoms with Gasteiger partial charge in [0.15, 0.2) is 11.5 Å². The standard InChI is InChI=1S/C23H30N2O4/c1-5-25(6-2)23(27)21(18-10-8-7-9-11-18)22(26)24-15-14-17-12-13-19(28-3)20(16-17)29-4/h7-13,16,21H,5-6,14-15H2,1-4H3,(H,24,26). The lowest BCUT2D eigenvalue weighted by Gasteiger charge is -2.25. The van der Waals surface area contributed by atoms with E-state index in [9.17, 15) is 9.59 Å². The van der Waals surface area contributed by atoms with E-state index in [0.717, 1.165) is 5.56 Å². The zero-order valence-corrected chi connectivity index (χ0v) is 17.6. The summed E-state index contributed by atoms with van der Waals surface area (Å²) in [7, 11) is 3.18. The summed E-state index contributed by atoms with van der Waals surface area (Å²) in [6.07, 6.45) is 0.618. The molecule has 0 bridgehead atoms. The molecule has 1 N–H and O–H groups in total. The van der Waals surface area contributed by atoms with Crippen molar-refractivity contribution in [3.05, 3.63) is 59.7 Å². The lowest BCUT2D eigenvalue weighted by Crippen LogP contribution is -2.42. The van der Waals surface area contributed by atoms with Gasteiger partial charge in [-0.15, -0.1) is 0 Å². The Morgan fingerprint density at radius 3 is 2.21 bits per heavy atom. The minimum Gasteiger partial charge on any atom is -0.493 e. The van der Waals surface area contributed by atoms with Crippen LogP contribution in [0.2, 0.25) is 0 Å². The highest BCUT2D eigenvalue weighted by Gasteiger charge is 2.31. The summed E-state index contributed by atoms with van der Waals surface area (Å²) in [5, 5.41) is 2.92. The van der Waals surface area contributed by atoms with Crippen molar-refractivity contribution in [1.82, 2.24) is 10.2 Å². The molecule has 1 atom stereocenters. The van der Waals surface area contributed by atoms with E-state index < -0.39 is 5.92 Å². The lowest BCUT2D eigenvalue weighted by atomic mass is 9.96. The summed E-state index contributed by atoms with van der Waals surface area (Å²) in [4.78, 5) is 27.6. The van der Waals surface area contributed by atoms with E-state index in [2.05, 4.69) is 5.32 Å². The predicted octanol–water partition coefficient (Wildman–Crippen LogP) is 3.01. The number of carbonyl (C=O) groups excluding carboxylic acids is 2. The first-order chi connectivity index (χ1) is 14.0. The molecule has 0 heterocycles. The smallest absolute Gasteiger partial charge is 0.239 e. The summed E-state index contributed by atoms with van der Waals surface area (Å²) in [6, 6.07) is 14.9. The van der Waals surface area contributed by atoms with Gasteiger partial charge in [0, 0.05) is 19.6 Å². The summed E-state index contributed by atoms with van der Waals surface area (Å²) in [5.41, 5.74) is 1.71. The second-order valence-electron chi connectivity index (χ2n) is 6.58. The van der Waals surface area contributed by atoms with Crippen LogP contribution in [-0.2, 0) is 16.0 Å². The number of carbonyl (C=O) groups is 2. The molecule has 0 aromatic heterocycles. The molecule has 0 fully saturated rings. The van der Waals surface area contributed by atoms with E-state index in [1.54, 1.807) is 19.1 Å². The number of hydrogen-bond donors (Lipinski definition) is 1. The van der Waals surface area contributed by atoms with Gasteiger partial charge in [0.25, 0.3) is 0 Å². The highest BCUT2D eigenvalue weighted by atomic mass is 16.5. The minimum absolute atomic E-state index is 0.176. The molecule has 0 aliphatic carbocycles. The predicted molar refractivity (Wildman–Crippen MR) is 113 cm³/mol. The molecule has 29 heavy (non-hydrogen) atoms. The van der Waals surface area contributed by atoms with E-state index in [0.29, 0.717) is 43.1 Å². The van der Waals surface area contributed by atoms with Crippen molar-refractivity contribution in [2.24, 2.45) is 0 Å². The van der Waals surface area contributed by atoms with Crippen molar-refractivity contribution in [2.45, 2.75) is 26.2 Å². The maximum Gasteiger partial charge on any atom is 0.239 e. The molecule has 1 unspecified atom stereocenters. The van der Waals surface area contributed by atoms with Crippen molar-refractivity contribution in [2.75, 3.05) is 33.9 Å². The van der Waals surface area contributed by atoms with E-state index in [4.69, 9.17) is 9.47 Å². The molecule has 6 nitrogen and oxygen atoms in total. The summed E-state index contributed by atoms with van der Waals surface area (Å²) >= 11 is 0. The summed E-state index contributed by atoms with van der Waals surface area (Å²) in [6.45, 7) is 5.38. The van der Waals surface area contributed by atoms with Gasteiger partial charge in [-0.05, 0) is 43.5 Å². The molecule has 6 heteroatoms. The van der Waals surface area contributed by atoms with E-state index in [-0.39, 0.29) is 11.8 Å². The van der Waals surface area contributed by atoms with Crippen molar-refractivity contribution >= 4 is 11.8 Å². The summed E-state index contributed by atoms with van der Waals surface area (Å²) in [5.74, 6) is 0.00402. The number of methoxy groups -OCH3 is 2. The van der Waals surface area contributed by atoms with Crippen LogP contribution < -0.4 is 14.8 Å². The van der Waals surface area contributed by atoms with Gasteiger partial charge in [-0.3, -0.25) is 9.59 Å². The number of ether oxygens (including phenoxy) is 2. The van der Waals surface area contributed by atoms with E-state index >= 15 is 0 Å². The molecule has 0 aliphatic heterocycles. The molecule has 0 saturated carbocycles. The van der Waals surface area contributed by atoms with Crippen LogP contribution in [0.5, 0.6) is 11.5 Å². The maximum absolute atomic E-state index is 13.0. The van der Waals surface area contributed by atoms with Gasteiger partial charge < -0.3 is 19.7 Å². The van der Waals surface area contributed by atoms with Crippen LogP contribution in [0.3, 0.4) is 0 Å². The van der Waals surface area contributed by atoms with Crippen molar-refractivity contribution in [3.63, 3.8) is 0 Å². The molecule has 0 radical (unpaired) electrons. The Labute approximate surface area is 172 Å². The molecular formula is C23H30N2O4. The van der Waals surface area contributed by atoms with Crippen molar-refractivity contribution in [3.8, 4) is 11.5 Å². The molecule has 2 rings (SSSR count). The first-order valence-electron chi connectivity index (χ1n) is 9.88. The fourth-order valence-corrected chi connectivity index (χ4v) is 3.24. The highest BCUT2D eigenvalue weighted by molar-refractivity contribution is 6.05. The second kappa shape index (κ2) is 11.1. The first kappa shape index (κ1) is 22.3. The largest absolute Gasteiger partial charge is 0.493 e. The molecule has 156 valence electrons. The fraction of sp³-hybridized carbons (Fsp3) is 0.391. The topological polar surface area (TPSA) is 67.9 Å². The van der Waals surface area contributed by atoms with E-state index in [1.165, 1.54) is 0 Å². The number of benzene rings is 2. The molecule has 0 aliphatic rings. The zero-order chi connectivity index (χ0) is 21.2. The van der Waals surface area contributed by atoms with Gasteiger partial charge in [0.05, 0.1) is 14.2 Å². The Bertz CT molecular complexity index is 804. The van der Waals surface area contributed by atoms with Crippen LogP contribution in [0.15, 0.2) is 48.5 Å². The second-order valence-corrected chi connectivity index (χ2v) is 6.58. The lowest BCUT2D eigenvalue weighted by molar-refractivity contribution is -0.138. The number of amides is 2. The maximum atomic E-state index is 13.0. The van der Waals surface area contributed by atoms with Gasteiger partial charge in [-0.2, -0.15) is 0 Å². The van der Waals surface area contributed by atoms with E-state index in [1.807, 2.05) is 62.4 Å². The van der Waals surface area contributed by atoms with Crippen LogP contribution >= 0.6 is 0 Å². The van der Waals surface area contributed by atoms with Gasteiger partial charge >= 0.3 is 0 Å². The number of likely N-dealkylation sites (N-methyl/N-ethyl adjacent to an activating group) is 1. The van der Waals surface area contributed by atoms with Gasteiger partial charge in [0.2, 0.25) is 11.8 Å². The molecule has 0 spiro atoms. The Balaban J connectivity index is 2.09. The molecule has 2 aromatic rings. The van der Waals surface area contributed by atoms with Gasteiger partial charge in [-0.1, -0.05) is 36.4 Å². The number of hydrogen-bond acceptors (Lipinski definition) is 4. The molecular weight excluding hydrogens is 368 g/mol. The zero-order valence-electron chi connectivity index (χ0n) is 17.6. The van der Waals surface area contributed by atoms with Gasteiger partial charge in [0.1, 0.15) is 5.92 Å². The van der Waals surface area contributed by atoms with Crippen LogP contribution in [-0.4, -0.2) is 50.6 Å². The number of nitrogens with zero attached hydrogens (tertiary/aromatic N) is 1. The minimum atomic E-state index is -0.846. The van der Waals surface area contributed by atoms with Crippen LogP contribution in [0.4, 0.5) is 0 Å². The van der Waals surface area contributed by atoms with Crippen LogP contribution in [0.1, 0.15) is 30.9 Å². The Kier molecular flexibility index (Phi) is 8.52. The third-order valence-electron chi connectivity index (χ3n) is 4.88. The monoisotopic (exact) mass is 398 g/mol. The van der Waals surface area contributed by atoms with Crippen molar-refractivity contribution < 1.29 is 19.1 Å². The number of rotatable bonds is 10. The number of nitrogens with one attached hydrogen (secondary N) is 1. The fourth-order valence-electron chi connectivity index (χ4n) is 3.24. The Hall–Kier alpha value is -3.02. The molecule has 2 amide bonds. The quantitative estimate of drug-likeness (QED) is 0.625. The summed E-state index contributed by atoms with van der Waals surface area (Å²) < 4.78 is 10.6. The SMILES string of the molecule is CCN(CC)C(=O)C(C(=O)NCCc1ccc(OC)c(OC)c1)c1ccccc1. The third kappa shape index (κ3) is 5.73. The Morgan fingerprint density at radius 1 is 0.966 bits per heavy atom. The van der Waals surface area contributed by atoms with Crippen LogP contribution in [0.25, 0.3) is 0 Å². The van der Waals surface area contributed by atoms with Gasteiger partial charge in [-0.25, -0.2) is 0 Å². The highest BCUT2D eigenvalue weighted by Crippen LogP contribution is 2.27. The first-order valence-corrected chi connectivity index (χ1v) is 9.88. The third-order valence-corrected chi connectivity index (χ3v) is 4.88. The van der Waals surface area contributed by atoms with Crippen LogP contribution in [0, 0.1) is 0 Å². The molecule has 0 saturated heterocycles.